The van der Waals surface area contributed by atoms with Gasteiger partial charge < -0.3 is 20.3 Å². The van der Waals surface area contributed by atoms with Crippen LogP contribution in [0.4, 0.5) is 0 Å². The Balaban J connectivity index is 3.43. The van der Waals surface area contributed by atoms with E-state index in [0.717, 1.165) is 51.4 Å². The highest BCUT2D eigenvalue weighted by atomic mass is 16.5. The number of aliphatic hydroxyl groups is 2. The fourth-order valence-corrected chi connectivity index (χ4v) is 9.64. The molecule has 398 valence electrons. The Morgan fingerprint density at radius 3 is 1.06 bits per heavy atom. The molecule has 0 heterocycles. The molecule has 0 saturated carbocycles. The summed E-state index contributed by atoms with van der Waals surface area (Å²) in [6.45, 7) is 4.95. The van der Waals surface area contributed by atoms with Crippen LogP contribution in [0.5, 0.6) is 0 Å². The van der Waals surface area contributed by atoms with Crippen molar-refractivity contribution in [3.05, 3.63) is 12.2 Å². The summed E-state index contributed by atoms with van der Waals surface area (Å²) in [5.41, 5.74) is 0. The number of unbranched alkanes of at least 4 members (excludes halogenated alkanes) is 44. The monoisotopic (exact) mass is 946 g/mol. The molecule has 0 aromatic carbocycles. The number of aliphatic hydroxyl groups excluding tert-OH is 2. The van der Waals surface area contributed by atoms with Crippen molar-refractivity contribution in [1.82, 2.24) is 5.32 Å². The molecule has 0 radical (unpaired) electrons. The molecule has 0 spiro atoms. The van der Waals surface area contributed by atoms with Crippen LogP contribution in [0.3, 0.4) is 0 Å². The normalized spacial score (nSPS) is 12.6. The molecule has 2 atom stereocenters. The van der Waals surface area contributed by atoms with Crippen molar-refractivity contribution in [3.8, 4) is 0 Å². The number of esters is 1. The van der Waals surface area contributed by atoms with Crippen LogP contribution in [0, 0.1) is 0 Å². The molecule has 0 aromatic heterocycles. The Morgan fingerprint density at radius 1 is 0.403 bits per heavy atom. The van der Waals surface area contributed by atoms with E-state index in [4.69, 9.17) is 4.74 Å². The number of amides is 1. The summed E-state index contributed by atoms with van der Waals surface area (Å²) >= 11 is 0. The third kappa shape index (κ3) is 53.8. The van der Waals surface area contributed by atoms with Crippen molar-refractivity contribution in [3.63, 3.8) is 0 Å². The summed E-state index contributed by atoms with van der Waals surface area (Å²) in [6, 6.07) is -0.550. The Labute approximate surface area is 419 Å². The fourth-order valence-electron chi connectivity index (χ4n) is 9.64. The van der Waals surface area contributed by atoms with Gasteiger partial charge in [-0.3, -0.25) is 9.59 Å². The van der Waals surface area contributed by atoms with Gasteiger partial charge in [0.15, 0.2) is 0 Å². The van der Waals surface area contributed by atoms with E-state index in [2.05, 4.69) is 31.3 Å². The maximum absolute atomic E-state index is 12.5. The zero-order valence-electron chi connectivity index (χ0n) is 45.4. The molecule has 0 fully saturated rings. The molecule has 0 aliphatic rings. The Bertz CT molecular complexity index is 1000. The minimum Gasteiger partial charge on any atom is -0.466 e. The number of carbonyl (C=O) groups is 2. The van der Waals surface area contributed by atoms with Crippen molar-refractivity contribution < 1.29 is 24.5 Å². The first-order valence-electron chi connectivity index (χ1n) is 30.4. The van der Waals surface area contributed by atoms with Gasteiger partial charge in [0, 0.05) is 12.8 Å². The second-order valence-electron chi connectivity index (χ2n) is 21.0. The van der Waals surface area contributed by atoms with E-state index in [1.165, 1.54) is 257 Å². The van der Waals surface area contributed by atoms with Crippen LogP contribution in [-0.2, 0) is 14.3 Å². The number of nitrogens with one attached hydrogen (secondary N) is 1. The van der Waals surface area contributed by atoms with E-state index in [1.54, 1.807) is 0 Å². The lowest BCUT2D eigenvalue weighted by Gasteiger charge is -2.22. The van der Waals surface area contributed by atoms with Gasteiger partial charge >= 0.3 is 5.97 Å². The van der Waals surface area contributed by atoms with Gasteiger partial charge in [0.25, 0.3) is 0 Å². The first kappa shape index (κ1) is 65.6. The van der Waals surface area contributed by atoms with E-state index < -0.39 is 12.1 Å². The number of rotatable bonds is 57. The fraction of sp³-hybridized carbons (Fsp3) is 0.934. The van der Waals surface area contributed by atoms with Crippen LogP contribution in [0.2, 0.25) is 0 Å². The molecule has 0 saturated heterocycles. The number of hydrogen-bond donors (Lipinski definition) is 3. The average molecular weight is 947 g/mol. The Kier molecular flexibility index (Phi) is 56.0. The number of allylic oxidation sites excluding steroid dienone is 2. The summed E-state index contributed by atoms with van der Waals surface area (Å²) in [5, 5.41) is 23.4. The number of ether oxygens (including phenoxy) is 1. The molecule has 6 nitrogen and oxygen atoms in total. The van der Waals surface area contributed by atoms with Crippen LogP contribution < -0.4 is 5.32 Å². The van der Waals surface area contributed by atoms with E-state index in [9.17, 15) is 19.8 Å². The minimum absolute atomic E-state index is 0.00954. The molecule has 0 aliphatic carbocycles. The van der Waals surface area contributed by atoms with Gasteiger partial charge in [0.2, 0.25) is 5.91 Å². The predicted octanol–water partition coefficient (Wildman–Crippen LogP) is 18.9. The smallest absolute Gasteiger partial charge is 0.305 e. The Morgan fingerprint density at radius 2 is 0.701 bits per heavy atom. The largest absolute Gasteiger partial charge is 0.466 e. The van der Waals surface area contributed by atoms with E-state index >= 15 is 0 Å². The molecule has 1 amide bonds. The standard InChI is InChI=1S/C61H119NO5/c1-3-5-7-9-11-13-15-17-19-20-21-22-23-24-25-26-29-33-37-41-45-49-53-59(64)58(57-63)62-60(65)54-50-46-42-38-34-30-27-28-32-36-40-44-48-52-56-67-61(66)55-51-47-43-39-35-31-18-16-14-12-10-8-6-4-2/h16,18,58-59,63-64H,3-15,17,19-57H2,1-2H3,(H,62,65)/b18-16-. The van der Waals surface area contributed by atoms with Gasteiger partial charge in [-0.05, 0) is 51.4 Å². The Hall–Kier alpha value is -1.40. The van der Waals surface area contributed by atoms with Gasteiger partial charge in [-0.25, -0.2) is 0 Å². The molecule has 0 bridgehead atoms. The predicted molar refractivity (Wildman–Crippen MR) is 292 cm³/mol. The van der Waals surface area contributed by atoms with Crippen molar-refractivity contribution in [2.75, 3.05) is 13.2 Å². The first-order chi connectivity index (χ1) is 33.0. The van der Waals surface area contributed by atoms with Crippen molar-refractivity contribution in [2.45, 2.75) is 353 Å². The first-order valence-corrected chi connectivity index (χ1v) is 30.4. The molecular formula is C61H119NO5. The topological polar surface area (TPSA) is 95.9 Å². The summed E-state index contributed by atoms with van der Waals surface area (Å²) in [6.07, 6.45) is 67.8. The molecule has 0 rings (SSSR count). The lowest BCUT2D eigenvalue weighted by Crippen LogP contribution is -2.45. The zero-order valence-corrected chi connectivity index (χ0v) is 45.4. The van der Waals surface area contributed by atoms with Crippen LogP contribution in [-0.4, -0.2) is 47.4 Å². The zero-order chi connectivity index (χ0) is 48.6. The molecule has 2 unspecified atom stereocenters. The van der Waals surface area contributed by atoms with Gasteiger partial charge in [-0.2, -0.15) is 0 Å². The molecule has 0 aromatic rings. The highest BCUT2D eigenvalue weighted by molar-refractivity contribution is 5.76. The van der Waals surface area contributed by atoms with E-state index in [1.807, 2.05) is 0 Å². The maximum atomic E-state index is 12.5. The summed E-state index contributed by atoms with van der Waals surface area (Å²) < 4.78 is 5.47. The maximum Gasteiger partial charge on any atom is 0.305 e. The number of hydrogen-bond acceptors (Lipinski definition) is 5. The quantitative estimate of drug-likeness (QED) is 0.0321. The third-order valence-corrected chi connectivity index (χ3v) is 14.3. The molecular weight excluding hydrogens is 827 g/mol. The summed E-state index contributed by atoms with van der Waals surface area (Å²) in [5.74, 6) is -0.0514. The van der Waals surface area contributed by atoms with Gasteiger partial charge in [-0.15, -0.1) is 0 Å². The van der Waals surface area contributed by atoms with Crippen LogP contribution in [0.25, 0.3) is 0 Å². The SMILES string of the molecule is CCCCCCC/C=C\CCCCCCCC(=O)OCCCCCCCCCCCCCCCCC(=O)NC(CO)C(O)CCCCCCCCCCCCCCCCCCCCCCCC. The van der Waals surface area contributed by atoms with Gasteiger partial charge in [-0.1, -0.05) is 289 Å². The second-order valence-corrected chi connectivity index (χ2v) is 21.0. The van der Waals surface area contributed by atoms with Crippen LogP contribution in [0.15, 0.2) is 12.2 Å². The highest BCUT2D eigenvalue weighted by Crippen LogP contribution is 2.18. The van der Waals surface area contributed by atoms with Crippen LogP contribution in [0.1, 0.15) is 341 Å². The number of carbonyl (C=O) groups excluding carboxylic acids is 2. The van der Waals surface area contributed by atoms with Crippen molar-refractivity contribution in [1.29, 1.82) is 0 Å². The third-order valence-electron chi connectivity index (χ3n) is 14.3. The molecule has 3 N–H and O–H groups in total. The molecule has 67 heavy (non-hydrogen) atoms. The van der Waals surface area contributed by atoms with E-state index in [-0.39, 0.29) is 18.5 Å². The summed E-state index contributed by atoms with van der Waals surface area (Å²) in [7, 11) is 0. The molecule has 6 heteroatoms. The van der Waals surface area contributed by atoms with Crippen LogP contribution >= 0.6 is 0 Å². The van der Waals surface area contributed by atoms with Crippen molar-refractivity contribution in [2.24, 2.45) is 0 Å². The lowest BCUT2D eigenvalue weighted by atomic mass is 10.0. The van der Waals surface area contributed by atoms with Gasteiger partial charge in [0.05, 0.1) is 25.4 Å². The van der Waals surface area contributed by atoms with Crippen molar-refractivity contribution >= 4 is 11.9 Å². The average Bonchev–Trinajstić information content (AvgIpc) is 3.33. The van der Waals surface area contributed by atoms with E-state index in [0.29, 0.717) is 25.9 Å². The van der Waals surface area contributed by atoms with Gasteiger partial charge in [0.1, 0.15) is 0 Å². The molecule has 0 aliphatic heterocycles. The minimum atomic E-state index is -0.672. The highest BCUT2D eigenvalue weighted by Gasteiger charge is 2.20. The summed E-state index contributed by atoms with van der Waals surface area (Å²) in [4.78, 5) is 24.6. The lowest BCUT2D eigenvalue weighted by molar-refractivity contribution is -0.143. The second kappa shape index (κ2) is 57.2.